The molecule has 1 N–H and O–H groups in total. The number of hydrogen-bond donors (Lipinski definition) is 1. The van der Waals surface area contributed by atoms with Crippen LogP contribution in [0.15, 0.2) is 83.8 Å². The summed E-state index contributed by atoms with van der Waals surface area (Å²) in [6.07, 6.45) is -1.07. The number of benzene rings is 3. The number of nitro groups is 1. The van der Waals surface area contributed by atoms with Gasteiger partial charge in [-0.2, -0.15) is 8.42 Å². The fourth-order valence-corrected chi connectivity index (χ4v) is 3.98. The fraction of sp³-hybridized carbons (Fsp3) is 0.167. The Morgan fingerprint density at radius 3 is 2.23 bits per heavy atom. The molecule has 0 aliphatic heterocycles. The van der Waals surface area contributed by atoms with Gasteiger partial charge < -0.3 is 14.2 Å². The van der Waals surface area contributed by atoms with Gasteiger partial charge in [-0.05, 0) is 49.7 Å². The Labute approximate surface area is 201 Å². The quantitative estimate of drug-likeness (QED) is 0.203. The number of esters is 1. The Hall–Kier alpha value is -4.25. The number of non-ortho nitro benzene ring substituents is 1. The summed E-state index contributed by atoms with van der Waals surface area (Å²) < 4.78 is 35.1. The van der Waals surface area contributed by atoms with Crippen LogP contribution in [0, 0.1) is 10.1 Å². The molecule has 0 aromatic heterocycles. The van der Waals surface area contributed by atoms with Crippen molar-refractivity contribution in [1.29, 1.82) is 0 Å². The van der Waals surface area contributed by atoms with Gasteiger partial charge in [0.25, 0.3) is 11.6 Å². The number of hydrogen-bond acceptors (Lipinski definition) is 8. The van der Waals surface area contributed by atoms with Crippen LogP contribution in [-0.4, -0.2) is 31.3 Å². The Balaban J connectivity index is 1.61. The third kappa shape index (κ3) is 6.64. The number of nitrogens with zero attached hydrogens (tertiary/aromatic N) is 1. The van der Waals surface area contributed by atoms with Gasteiger partial charge in [-0.1, -0.05) is 36.4 Å². The summed E-state index contributed by atoms with van der Waals surface area (Å²) in [5, 5.41) is 13.6. The molecule has 10 nitrogen and oxygen atoms in total. The fourth-order valence-electron chi connectivity index (χ4n) is 3.01. The molecule has 0 saturated heterocycles. The van der Waals surface area contributed by atoms with Gasteiger partial charge in [-0.15, -0.1) is 0 Å². The lowest BCUT2D eigenvalue weighted by atomic mass is 10.1. The second kappa shape index (κ2) is 10.8. The Morgan fingerprint density at radius 2 is 1.60 bits per heavy atom. The molecule has 0 aliphatic carbocycles. The van der Waals surface area contributed by atoms with E-state index in [1.54, 1.807) is 0 Å². The second-order valence-electron chi connectivity index (χ2n) is 7.50. The molecule has 0 heterocycles. The van der Waals surface area contributed by atoms with Crippen LogP contribution in [0.4, 0.5) is 5.69 Å². The van der Waals surface area contributed by atoms with E-state index in [9.17, 15) is 28.1 Å². The van der Waals surface area contributed by atoms with E-state index in [0.29, 0.717) is 0 Å². The molecule has 0 saturated carbocycles. The van der Waals surface area contributed by atoms with Crippen LogP contribution >= 0.6 is 0 Å². The van der Waals surface area contributed by atoms with Gasteiger partial charge in [0, 0.05) is 12.1 Å². The zero-order valence-electron chi connectivity index (χ0n) is 18.8. The van der Waals surface area contributed by atoms with E-state index in [0.717, 1.165) is 17.7 Å². The molecule has 0 fully saturated rings. The van der Waals surface area contributed by atoms with Crippen molar-refractivity contribution in [3.8, 4) is 5.75 Å². The number of rotatable bonds is 9. The minimum absolute atomic E-state index is 0.0702. The van der Waals surface area contributed by atoms with Crippen LogP contribution in [0.2, 0.25) is 0 Å². The lowest BCUT2D eigenvalue weighted by Crippen LogP contribution is -2.37. The predicted octanol–water partition coefficient (Wildman–Crippen LogP) is 3.79. The molecule has 3 aromatic carbocycles. The molecule has 0 radical (unpaired) electrons. The highest BCUT2D eigenvalue weighted by molar-refractivity contribution is 7.87. The Bertz CT molecular complexity index is 1330. The van der Waals surface area contributed by atoms with Gasteiger partial charge in [-0.3, -0.25) is 14.9 Å². The summed E-state index contributed by atoms with van der Waals surface area (Å²) >= 11 is 0. The van der Waals surface area contributed by atoms with E-state index in [-0.39, 0.29) is 22.3 Å². The summed E-state index contributed by atoms with van der Waals surface area (Å²) in [5.74, 6) is -1.37. The molecule has 182 valence electrons. The van der Waals surface area contributed by atoms with Crippen LogP contribution in [0.1, 0.15) is 35.8 Å². The van der Waals surface area contributed by atoms with Crippen molar-refractivity contribution in [3.05, 3.63) is 100 Å². The lowest BCUT2D eigenvalue weighted by molar-refractivity contribution is -0.385. The summed E-state index contributed by atoms with van der Waals surface area (Å²) in [7, 11) is -4.34. The SMILES string of the molecule is CC(OC(=O)c1ccc(OS(=O)(=O)c2cccc([N+](=O)[O-])c2)cc1)C(=O)NC(C)c1ccccc1. The highest BCUT2D eigenvalue weighted by atomic mass is 32.2. The summed E-state index contributed by atoms with van der Waals surface area (Å²) in [6, 6.07) is 18.5. The average Bonchev–Trinajstić information content (AvgIpc) is 2.84. The highest BCUT2D eigenvalue weighted by Gasteiger charge is 2.22. The minimum atomic E-state index is -4.34. The van der Waals surface area contributed by atoms with Crippen molar-refractivity contribution in [2.45, 2.75) is 30.9 Å². The normalized spacial score (nSPS) is 12.7. The zero-order chi connectivity index (χ0) is 25.6. The van der Waals surface area contributed by atoms with Crippen molar-refractivity contribution in [2.75, 3.05) is 0 Å². The first-order valence-corrected chi connectivity index (χ1v) is 11.8. The number of carbonyl (C=O) groups excluding carboxylic acids is 2. The molecule has 3 aromatic rings. The summed E-state index contributed by atoms with van der Waals surface area (Å²) in [4.78, 5) is 34.6. The first-order valence-electron chi connectivity index (χ1n) is 10.4. The second-order valence-corrected chi connectivity index (χ2v) is 9.05. The van der Waals surface area contributed by atoms with E-state index in [1.165, 1.54) is 43.3 Å². The third-order valence-electron chi connectivity index (χ3n) is 4.92. The molecule has 2 atom stereocenters. The Morgan fingerprint density at radius 1 is 0.943 bits per heavy atom. The predicted molar refractivity (Wildman–Crippen MR) is 125 cm³/mol. The lowest BCUT2D eigenvalue weighted by Gasteiger charge is -2.18. The van der Waals surface area contributed by atoms with Crippen molar-refractivity contribution in [2.24, 2.45) is 0 Å². The smallest absolute Gasteiger partial charge is 0.339 e. The molecule has 1 amide bonds. The zero-order valence-corrected chi connectivity index (χ0v) is 19.6. The largest absolute Gasteiger partial charge is 0.449 e. The average molecular weight is 499 g/mol. The first-order chi connectivity index (χ1) is 16.6. The van der Waals surface area contributed by atoms with Crippen molar-refractivity contribution < 1.29 is 31.9 Å². The molecule has 2 unspecified atom stereocenters. The van der Waals surface area contributed by atoms with E-state index >= 15 is 0 Å². The number of carbonyl (C=O) groups is 2. The van der Waals surface area contributed by atoms with Crippen LogP contribution in [-0.2, 0) is 19.6 Å². The van der Waals surface area contributed by atoms with Gasteiger partial charge in [-0.25, -0.2) is 4.79 Å². The van der Waals surface area contributed by atoms with Crippen LogP contribution in [0.3, 0.4) is 0 Å². The maximum Gasteiger partial charge on any atom is 0.339 e. The highest BCUT2D eigenvalue weighted by Crippen LogP contribution is 2.23. The number of ether oxygens (including phenoxy) is 1. The topological polar surface area (TPSA) is 142 Å². The van der Waals surface area contributed by atoms with Gasteiger partial charge in [0.2, 0.25) is 0 Å². The molecule has 3 rings (SSSR count). The molecule has 35 heavy (non-hydrogen) atoms. The van der Waals surface area contributed by atoms with E-state index in [4.69, 9.17) is 8.92 Å². The van der Waals surface area contributed by atoms with Crippen LogP contribution < -0.4 is 9.50 Å². The molecule has 11 heteroatoms. The van der Waals surface area contributed by atoms with Crippen molar-refractivity contribution >= 4 is 27.7 Å². The molecule has 0 aliphatic rings. The van der Waals surface area contributed by atoms with Gasteiger partial charge in [0.1, 0.15) is 10.6 Å². The Kier molecular flexibility index (Phi) is 7.82. The van der Waals surface area contributed by atoms with Crippen molar-refractivity contribution in [3.63, 3.8) is 0 Å². The van der Waals surface area contributed by atoms with Crippen molar-refractivity contribution in [1.82, 2.24) is 5.32 Å². The van der Waals surface area contributed by atoms with E-state index in [2.05, 4.69) is 5.32 Å². The van der Waals surface area contributed by atoms with Crippen LogP contribution in [0.25, 0.3) is 0 Å². The summed E-state index contributed by atoms with van der Waals surface area (Å²) in [6.45, 7) is 3.25. The number of amides is 1. The maximum absolute atomic E-state index is 12.4. The molecular weight excluding hydrogens is 476 g/mol. The first kappa shape index (κ1) is 25.4. The molecule has 0 bridgehead atoms. The monoisotopic (exact) mass is 498 g/mol. The third-order valence-corrected chi connectivity index (χ3v) is 6.17. The maximum atomic E-state index is 12.4. The minimum Gasteiger partial charge on any atom is -0.449 e. The molecule has 0 spiro atoms. The summed E-state index contributed by atoms with van der Waals surface area (Å²) in [5.41, 5.74) is 0.569. The standard InChI is InChI=1S/C24H22N2O8S/c1-16(18-7-4-3-5-8-18)25-23(27)17(2)33-24(28)19-11-13-21(14-12-19)34-35(31,32)22-10-6-9-20(15-22)26(29)30/h3-17H,1-2H3,(H,25,27). The van der Waals surface area contributed by atoms with Gasteiger partial charge in [0.15, 0.2) is 6.10 Å². The van der Waals surface area contributed by atoms with Gasteiger partial charge in [0.05, 0.1) is 16.5 Å². The van der Waals surface area contributed by atoms with E-state index in [1.807, 2.05) is 37.3 Å². The van der Waals surface area contributed by atoms with E-state index < -0.39 is 38.7 Å². The van der Waals surface area contributed by atoms with Gasteiger partial charge >= 0.3 is 16.1 Å². The molecular formula is C24H22N2O8S. The number of nitro benzene ring substituents is 1. The van der Waals surface area contributed by atoms with Crippen LogP contribution in [0.5, 0.6) is 5.75 Å². The number of nitrogens with one attached hydrogen (secondary N) is 1.